The minimum Gasteiger partial charge on any atom is -0.474 e. The van der Waals surface area contributed by atoms with Gasteiger partial charge in [0.15, 0.2) is 0 Å². The number of rotatable bonds is 9. The topological polar surface area (TPSA) is 172 Å². The van der Waals surface area contributed by atoms with Crippen LogP contribution in [0, 0.1) is 10.1 Å². The van der Waals surface area contributed by atoms with Crippen molar-refractivity contribution in [3.8, 4) is 5.88 Å². The fourth-order valence-electron chi connectivity index (χ4n) is 6.15. The Bertz CT molecular complexity index is 1880. The molecule has 3 heterocycles. The second-order valence-electron chi connectivity index (χ2n) is 11.7. The molecule has 2 saturated carbocycles. The molecule has 2 aromatic heterocycles. The van der Waals surface area contributed by atoms with Crippen LogP contribution in [0.5, 0.6) is 5.88 Å². The number of carbonyl (C=O) groups is 1. The number of hydrogen-bond donors (Lipinski definition) is 4. The lowest BCUT2D eigenvalue weighted by atomic mass is 9.91. The molecule has 2 fully saturated rings. The minimum absolute atomic E-state index is 0.0495. The molecule has 2 aromatic carbocycles. The van der Waals surface area contributed by atoms with E-state index in [0.29, 0.717) is 48.1 Å². The van der Waals surface area contributed by atoms with E-state index in [1.807, 2.05) is 17.0 Å². The van der Waals surface area contributed by atoms with Crippen molar-refractivity contribution >= 4 is 49.7 Å². The molecule has 234 valence electrons. The molecule has 7 rings (SSSR count). The number of ether oxygens (including phenoxy) is 1. The highest BCUT2D eigenvalue weighted by atomic mass is 32.2. The van der Waals surface area contributed by atoms with Crippen LogP contribution in [0.2, 0.25) is 0 Å². The summed E-state index contributed by atoms with van der Waals surface area (Å²) in [6, 6.07) is 15.2. The van der Waals surface area contributed by atoms with Crippen LogP contribution in [0.4, 0.5) is 22.7 Å². The second-order valence-corrected chi connectivity index (χ2v) is 13.4. The Morgan fingerprint density at radius 1 is 0.978 bits per heavy atom. The average Bonchev–Trinajstić information content (AvgIpc) is 3.74. The number of pyridine rings is 1. The molecule has 0 saturated heterocycles. The number of sulfonamides is 1. The van der Waals surface area contributed by atoms with Crippen molar-refractivity contribution in [3.63, 3.8) is 0 Å². The maximum atomic E-state index is 13.5. The SMILES string of the molecule is O=C(NS(=O)(=O)c1ccc(NC2CCC(NC3CC3)CC2)c([N+](=O)[O-])c1)c1ccccc1N1CCOc2nc3[nH]ccc3cc21. The highest BCUT2D eigenvalue weighted by Gasteiger charge is 2.31. The van der Waals surface area contributed by atoms with E-state index in [-0.39, 0.29) is 27.9 Å². The summed E-state index contributed by atoms with van der Waals surface area (Å²) in [6.07, 6.45) is 7.89. The third kappa shape index (κ3) is 6.02. The number of H-pyrrole nitrogens is 1. The Kier molecular flexibility index (Phi) is 7.53. The fourth-order valence-corrected chi connectivity index (χ4v) is 7.14. The zero-order valence-electron chi connectivity index (χ0n) is 24.4. The van der Waals surface area contributed by atoms with Crippen molar-refractivity contribution < 1.29 is 22.9 Å². The van der Waals surface area contributed by atoms with E-state index in [2.05, 4.69) is 25.3 Å². The van der Waals surface area contributed by atoms with E-state index >= 15 is 0 Å². The molecule has 4 N–H and O–H groups in total. The Morgan fingerprint density at radius 3 is 2.47 bits per heavy atom. The van der Waals surface area contributed by atoms with E-state index in [0.717, 1.165) is 37.1 Å². The van der Waals surface area contributed by atoms with Crippen LogP contribution < -0.4 is 25.0 Å². The van der Waals surface area contributed by atoms with Crippen LogP contribution in [0.1, 0.15) is 48.9 Å². The molecule has 14 heteroatoms. The lowest BCUT2D eigenvalue weighted by Gasteiger charge is -2.31. The number of nitro benzene ring substituents is 1. The molecular weight excluding hydrogens is 598 g/mol. The summed E-state index contributed by atoms with van der Waals surface area (Å²) >= 11 is 0. The number of para-hydroxylation sites is 1. The zero-order chi connectivity index (χ0) is 31.1. The van der Waals surface area contributed by atoms with Crippen LogP contribution in [-0.4, -0.2) is 60.5 Å². The van der Waals surface area contributed by atoms with E-state index < -0.39 is 20.9 Å². The van der Waals surface area contributed by atoms with Crippen LogP contribution in [0.25, 0.3) is 11.0 Å². The summed E-state index contributed by atoms with van der Waals surface area (Å²) in [5.41, 5.74) is 1.78. The molecule has 13 nitrogen and oxygen atoms in total. The molecule has 0 spiro atoms. The minimum atomic E-state index is -4.46. The van der Waals surface area contributed by atoms with Gasteiger partial charge in [0.1, 0.15) is 23.6 Å². The fraction of sp³-hybridized carbons (Fsp3) is 0.355. The van der Waals surface area contributed by atoms with E-state index in [9.17, 15) is 23.3 Å². The van der Waals surface area contributed by atoms with Gasteiger partial charge in [-0.2, -0.15) is 4.98 Å². The van der Waals surface area contributed by atoms with Gasteiger partial charge in [0.2, 0.25) is 5.88 Å². The number of nitro groups is 1. The maximum absolute atomic E-state index is 13.5. The largest absolute Gasteiger partial charge is 0.474 e. The van der Waals surface area contributed by atoms with Crippen LogP contribution in [0.3, 0.4) is 0 Å². The number of carbonyl (C=O) groups excluding carboxylic acids is 1. The van der Waals surface area contributed by atoms with Gasteiger partial charge in [-0.25, -0.2) is 13.1 Å². The summed E-state index contributed by atoms with van der Waals surface area (Å²) in [7, 11) is -4.46. The summed E-state index contributed by atoms with van der Waals surface area (Å²) in [5, 5.41) is 19.7. The quantitative estimate of drug-likeness (QED) is 0.151. The molecule has 1 aliphatic heterocycles. The molecule has 3 aliphatic rings. The first-order valence-corrected chi connectivity index (χ1v) is 16.6. The third-order valence-electron chi connectivity index (χ3n) is 8.60. The molecular formula is C31H33N7O6S. The number of fused-ring (bicyclic) bond motifs is 2. The second kappa shape index (κ2) is 11.7. The predicted molar refractivity (Wildman–Crippen MR) is 169 cm³/mol. The number of nitrogens with one attached hydrogen (secondary N) is 4. The number of anilines is 3. The van der Waals surface area contributed by atoms with Crippen LogP contribution in [-0.2, 0) is 10.0 Å². The van der Waals surface area contributed by atoms with Crippen molar-refractivity contribution in [2.45, 2.75) is 61.5 Å². The van der Waals surface area contributed by atoms with Gasteiger partial charge < -0.3 is 25.3 Å². The predicted octanol–water partition coefficient (Wildman–Crippen LogP) is 4.60. The van der Waals surface area contributed by atoms with Gasteiger partial charge in [-0.05, 0) is 74.9 Å². The first-order valence-electron chi connectivity index (χ1n) is 15.1. The molecule has 0 radical (unpaired) electrons. The average molecular weight is 632 g/mol. The van der Waals surface area contributed by atoms with Gasteiger partial charge in [0.25, 0.3) is 21.6 Å². The summed E-state index contributed by atoms with van der Waals surface area (Å²) in [4.78, 5) is 34.0. The number of amides is 1. The number of hydrogen-bond acceptors (Lipinski definition) is 10. The zero-order valence-corrected chi connectivity index (χ0v) is 25.2. The molecule has 1 amide bonds. The maximum Gasteiger partial charge on any atom is 0.293 e. The number of aromatic amines is 1. The van der Waals surface area contributed by atoms with Crippen molar-refractivity contribution in [2.75, 3.05) is 23.4 Å². The van der Waals surface area contributed by atoms with E-state index in [1.165, 1.54) is 31.0 Å². The van der Waals surface area contributed by atoms with Gasteiger partial charge in [-0.15, -0.1) is 0 Å². The molecule has 45 heavy (non-hydrogen) atoms. The number of benzene rings is 2. The Labute approximate surface area is 259 Å². The molecule has 4 aromatic rings. The van der Waals surface area contributed by atoms with Crippen molar-refractivity contribution in [3.05, 3.63) is 76.5 Å². The van der Waals surface area contributed by atoms with E-state index in [4.69, 9.17) is 4.74 Å². The van der Waals surface area contributed by atoms with Crippen LogP contribution >= 0.6 is 0 Å². The first kappa shape index (κ1) is 29.0. The summed E-state index contributed by atoms with van der Waals surface area (Å²) < 4.78 is 34.7. The van der Waals surface area contributed by atoms with Gasteiger partial charge in [-0.1, -0.05) is 12.1 Å². The van der Waals surface area contributed by atoms with Gasteiger partial charge >= 0.3 is 0 Å². The summed E-state index contributed by atoms with van der Waals surface area (Å²) in [6.45, 7) is 0.713. The Balaban J connectivity index is 1.10. The highest BCUT2D eigenvalue weighted by molar-refractivity contribution is 7.90. The Hall–Kier alpha value is -4.69. The first-order chi connectivity index (χ1) is 21.7. The van der Waals surface area contributed by atoms with E-state index in [1.54, 1.807) is 24.4 Å². The van der Waals surface area contributed by atoms with Crippen molar-refractivity contribution in [1.29, 1.82) is 0 Å². The lowest BCUT2D eigenvalue weighted by Crippen LogP contribution is -2.38. The van der Waals surface area contributed by atoms with Crippen molar-refractivity contribution in [1.82, 2.24) is 20.0 Å². The highest BCUT2D eigenvalue weighted by Crippen LogP contribution is 2.39. The molecule has 2 aliphatic carbocycles. The van der Waals surface area contributed by atoms with Gasteiger partial charge in [0, 0.05) is 35.8 Å². The molecule has 0 unspecified atom stereocenters. The van der Waals surface area contributed by atoms with Crippen molar-refractivity contribution in [2.24, 2.45) is 0 Å². The number of nitrogens with zero attached hydrogens (tertiary/aromatic N) is 3. The van der Waals surface area contributed by atoms with Crippen LogP contribution in [0.15, 0.2) is 65.7 Å². The van der Waals surface area contributed by atoms with Gasteiger partial charge in [-0.3, -0.25) is 14.9 Å². The summed E-state index contributed by atoms with van der Waals surface area (Å²) in [5.74, 6) is -0.473. The Morgan fingerprint density at radius 2 is 1.71 bits per heavy atom. The smallest absolute Gasteiger partial charge is 0.293 e. The lowest BCUT2D eigenvalue weighted by molar-refractivity contribution is -0.384. The number of aromatic nitrogens is 2. The normalized spacial score (nSPS) is 19.9. The van der Waals surface area contributed by atoms with Gasteiger partial charge in [0.05, 0.1) is 27.6 Å². The standard InChI is InChI=1S/C31H33N7O6S/c39-30(24-3-1-2-4-26(24)37-15-16-44-31-28(37)17-19-13-14-32-29(19)35-31)36-45(42,43)23-11-12-25(27(18-23)38(40)41)34-22-9-7-21(8-10-22)33-20-5-6-20/h1-4,11-14,17-18,20-22,33-34H,5-10,15-16H2,(H,32,35)(H,36,39). The molecule has 0 atom stereocenters. The molecule has 0 bridgehead atoms. The monoisotopic (exact) mass is 631 g/mol. The third-order valence-corrected chi connectivity index (χ3v) is 9.93.